The molecule has 2 aliphatic carbocycles. The van der Waals surface area contributed by atoms with Crippen LogP contribution in [-0.2, 0) is 25.7 Å². The molecule has 1 aromatic heterocycles. The van der Waals surface area contributed by atoms with Crippen molar-refractivity contribution in [1.82, 2.24) is 4.98 Å². The van der Waals surface area contributed by atoms with Crippen LogP contribution in [0, 0.1) is 5.41 Å². The molecule has 0 radical (unpaired) electrons. The molecule has 0 atom stereocenters. The van der Waals surface area contributed by atoms with Crippen molar-refractivity contribution >= 4 is 0 Å². The Morgan fingerprint density at radius 2 is 1.14 bits per heavy atom. The predicted molar refractivity (Wildman–Crippen MR) is 119 cm³/mol. The fourth-order valence-electron chi connectivity index (χ4n) is 5.41. The van der Waals surface area contributed by atoms with E-state index in [0.29, 0.717) is 5.41 Å². The molecule has 2 aliphatic rings. The van der Waals surface area contributed by atoms with Gasteiger partial charge < -0.3 is 0 Å². The Kier molecular flexibility index (Phi) is 3.70. The summed E-state index contributed by atoms with van der Waals surface area (Å²) in [6.07, 6.45) is 6.78. The summed E-state index contributed by atoms with van der Waals surface area (Å²) in [6.45, 7) is 0. The Balaban J connectivity index is 1.32. The van der Waals surface area contributed by atoms with Crippen molar-refractivity contribution in [3.63, 3.8) is 0 Å². The van der Waals surface area contributed by atoms with Crippen molar-refractivity contribution in [3.05, 3.63) is 113 Å². The van der Waals surface area contributed by atoms with Gasteiger partial charge in [-0.2, -0.15) is 0 Å². The van der Waals surface area contributed by atoms with Gasteiger partial charge in [0.15, 0.2) is 0 Å². The molecule has 140 valence electrons. The molecule has 4 aromatic rings. The number of rotatable bonds is 2. The van der Waals surface area contributed by atoms with Crippen molar-refractivity contribution in [2.24, 2.45) is 5.41 Å². The molecular formula is C28H23N. The van der Waals surface area contributed by atoms with E-state index >= 15 is 0 Å². The van der Waals surface area contributed by atoms with Crippen LogP contribution in [0.2, 0.25) is 0 Å². The molecule has 1 nitrogen and oxygen atoms in total. The summed E-state index contributed by atoms with van der Waals surface area (Å²) in [5.41, 5.74) is 11.3. The number of fused-ring (bicyclic) bond motifs is 2. The smallest absolute Gasteiger partial charge is 0.0708 e. The summed E-state index contributed by atoms with van der Waals surface area (Å²) in [7, 11) is 0. The van der Waals surface area contributed by atoms with Crippen LogP contribution in [-0.4, -0.2) is 4.98 Å². The van der Waals surface area contributed by atoms with Gasteiger partial charge >= 0.3 is 0 Å². The maximum absolute atomic E-state index is 4.59. The van der Waals surface area contributed by atoms with Gasteiger partial charge in [0, 0.05) is 11.8 Å². The molecule has 6 rings (SSSR count). The average molecular weight is 373 g/mol. The van der Waals surface area contributed by atoms with Crippen LogP contribution in [0.5, 0.6) is 0 Å². The number of hydrogen-bond acceptors (Lipinski definition) is 1. The van der Waals surface area contributed by atoms with Crippen LogP contribution >= 0.6 is 0 Å². The molecule has 0 bridgehead atoms. The molecule has 1 heterocycles. The molecule has 3 aromatic carbocycles. The second-order valence-electron chi connectivity index (χ2n) is 8.76. The first kappa shape index (κ1) is 16.7. The molecular weight excluding hydrogens is 350 g/mol. The average Bonchev–Trinajstić information content (AvgIpc) is 3.31. The van der Waals surface area contributed by atoms with E-state index in [4.69, 9.17) is 0 Å². The monoisotopic (exact) mass is 373 g/mol. The highest BCUT2D eigenvalue weighted by atomic mass is 14.7. The summed E-state index contributed by atoms with van der Waals surface area (Å²) >= 11 is 0. The quantitative estimate of drug-likeness (QED) is 0.402. The molecule has 0 saturated heterocycles. The topological polar surface area (TPSA) is 12.9 Å². The minimum absolute atomic E-state index is 0.401. The Morgan fingerprint density at radius 1 is 0.517 bits per heavy atom. The Bertz CT molecular complexity index is 1180. The maximum atomic E-state index is 4.59. The van der Waals surface area contributed by atoms with Crippen molar-refractivity contribution in [1.29, 1.82) is 0 Å². The first-order valence-electron chi connectivity index (χ1n) is 10.5. The van der Waals surface area contributed by atoms with Crippen LogP contribution in [0.25, 0.3) is 22.4 Å². The van der Waals surface area contributed by atoms with E-state index < -0.39 is 0 Å². The first-order chi connectivity index (χ1) is 14.3. The van der Waals surface area contributed by atoms with Crippen molar-refractivity contribution < 1.29 is 0 Å². The number of hydrogen-bond donors (Lipinski definition) is 0. The zero-order valence-corrected chi connectivity index (χ0v) is 16.4. The lowest BCUT2D eigenvalue weighted by Gasteiger charge is -2.21. The summed E-state index contributed by atoms with van der Waals surface area (Å²) in [5, 5.41) is 0. The van der Waals surface area contributed by atoms with Crippen LogP contribution in [0.3, 0.4) is 0 Å². The Labute approximate surface area is 172 Å². The molecule has 29 heavy (non-hydrogen) atoms. The summed E-state index contributed by atoms with van der Waals surface area (Å²) in [5.74, 6) is 0. The summed E-state index contributed by atoms with van der Waals surface area (Å²) in [6, 6.07) is 30.9. The van der Waals surface area contributed by atoms with E-state index in [-0.39, 0.29) is 0 Å². The van der Waals surface area contributed by atoms with Gasteiger partial charge in [-0.3, -0.25) is 4.98 Å². The second kappa shape index (κ2) is 6.42. The van der Waals surface area contributed by atoms with Crippen LogP contribution in [0.1, 0.15) is 22.3 Å². The molecule has 0 N–H and O–H groups in total. The highest BCUT2D eigenvalue weighted by Gasteiger charge is 2.41. The van der Waals surface area contributed by atoms with Gasteiger partial charge in [0.1, 0.15) is 0 Å². The predicted octanol–water partition coefficient (Wildman–Crippen LogP) is 6.30. The minimum Gasteiger partial charge on any atom is -0.256 e. The summed E-state index contributed by atoms with van der Waals surface area (Å²) < 4.78 is 0. The fraction of sp³-hybridized carbons (Fsp3) is 0.179. The minimum atomic E-state index is 0.401. The van der Waals surface area contributed by atoms with E-state index in [2.05, 4.69) is 83.8 Å². The number of aromatic nitrogens is 1. The lowest BCUT2D eigenvalue weighted by atomic mass is 9.82. The number of nitrogens with zero attached hydrogens (tertiary/aromatic N) is 1. The van der Waals surface area contributed by atoms with E-state index in [1.54, 1.807) is 16.7 Å². The highest BCUT2D eigenvalue weighted by Crippen LogP contribution is 2.47. The molecule has 0 amide bonds. The van der Waals surface area contributed by atoms with E-state index in [1.807, 2.05) is 12.3 Å². The van der Waals surface area contributed by atoms with Crippen LogP contribution < -0.4 is 0 Å². The SMILES string of the molecule is c1ccc(-c2cc(-c3ccc4c(c3)CC3(Cc5ccccc5C3)C4)ccn2)cc1. The molecule has 1 spiro atoms. The second-order valence-corrected chi connectivity index (χ2v) is 8.76. The van der Waals surface area contributed by atoms with Crippen LogP contribution in [0.15, 0.2) is 91.1 Å². The van der Waals surface area contributed by atoms with Gasteiger partial charge in [-0.05, 0) is 76.6 Å². The van der Waals surface area contributed by atoms with Crippen molar-refractivity contribution in [2.75, 3.05) is 0 Å². The van der Waals surface area contributed by atoms with E-state index in [0.717, 1.165) is 11.3 Å². The molecule has 0 aliphatic heterocycles. The standard InChI is InChI=1S/C28H23N/c1-2-6-20(7-3-1)27-15-22(12-13-29-27)21-10-11-25-18-28(19-26(25)14-21)16-23-8-4-5-9-24(23)17-28/h1-15H,16-19H2. The van der Waals surface area contributed by atoms with Gasteiger partial charge in [-0.1, -0.05) is 72.8 Å². The normalized spacial score (nSPS) is 16.0. The van der Waals surface area contributed by atoms with Crippen molar-refractivity contribution in [3.8, 4) is 22.4 Å². The van der Waals surface area contributed by atoms with E-state index in [1.165, 1.54) is 42.4 Å². The lowest BCUT2D eigenvalue weighted by Crippen LogP contribution is -2.21. The zero-order valence-electron chi connectivity index (χ0n) is 16.4. The molecule has 0 unspecified atom stereocenters. The van der Waals surface area contributed by atoms with Crippen molar-refractivity contribution in [2.45, 2.75) is 25.7 Å². The van der Waals surface area contributed by atoms with E-state index in [9.17, 15) is 0 Å². The van der Waals surface area contributed by atoms with Gasteiger partial charge in [0.05, 0.1) is 5.69 Å². The largest absolute Gasteiger partial charge is 0.256 e. The van der Waals surface area contributed by atoms with Gasteiger partial charge in [-0.15, -0.1) is 0 Å². The van der Waals surface area contributed by atoms with Gasteiger partial charge in [0.25, 0.3) is 0 Å². The summed E-state index contributed by atoms with van der Waals surface area (Å²) in [4.78, 5) is 4.59. The van der Waals surface area contributed by atoms with Gasteiger partial charge in [-0.25, -0.2) is 0 Å². The highest BCUT2D eigenvalue weighted by molar-refractivity contribution is 5.71. The third-order valence-corrected chi connectivity index (χ3v) is 6.75. The zero-order chi connectivity index (χ0) is 19.3. The van der Waals surface area contributed by atoms with Gasteiger partial charge in [0.2, 0.25) is 0 Å². The molecule has 0 saturated carbocycles. The fourth-order valence-corrected chi connectivity index (χ4v) is 5.41. The maximum Gasteiger partial charge on any atom is 0.0708 e. The number of benzene rings is 3. The molecule has 0 fully saturated rings. The van der Waals surface area contributed by atoms with Crippen LogP contribution in [0.4, 0.5) is 0 Å². The number of pyridine rings is 1. The third-order valence-electron chi connectivity index (χ3n) is 6.75. The molecule has 1 heteroatoms. The Hall–Kier alpha value is -3.19. The Morgan fingerprint density at radius 3 is 1.90 bits per heavy atom. The lowest BCUT2D eigenvalue weighted by molar-refractivity contribution is 0.326. The third kappa shape index (κ3) is 2.89. The first-order valence-corrected chi connectivity index (χ1v) is 10.5.